The Morgan fingerprint density at radius 3 is 2.64 bits per heavy atom. The average Bonchev–Trinajstić information content (AvgIpc) is 2.99. The Kier molecular flexibility index (Phi) is 1.72. The first kappa shape index (κ1) is 8.49. The largest absolute Gasteiger partial charge is 0.327 e. The molecule has 4 atom stereocenters. The van der Waals surface area contributed by atoms with Gasteiger partial charge in [-0.05, 0) is 43.1 Å². The molecule has 0 radical (unpaired) electrons. The number of hydrogen-bond acceptors (Lipinski definition) is 1. The maximum absolute atomic E-state index is 5.88. The Morgan fingerprint density at radius 1 is 1.21 bits per heavy atom. The van der Waals surface area contributed by atoms with Crippen molar-refractivity contribution in [2.24, 2.45) is 17.6 Å². The first-order chi connectivity index (χ1) is 6.75. The minimum absolute atomic E-state index is 0.523. The van der Waals surface area contributed by atoms with Gasteiger partial charge in [0.15, 0.2) is 0 Å². The zero-order valence-electron chi connectivity index (χ0n) is 8.61. The SMILES string of the molecule is Cc1cccc(C2CC2C2CC2N)c1. The van der Waals surface area contributed by atoms with Crippen LogP contribution in [0.1, 0.15) is 29.9 Å². The molecule has 0 bridgehead atoms. The van der Waals surface area contributed by atoms with Crippen molar-refractivity contribution in [1.82, 2.24) is 0 Å². The van der Waals surface area contributed by atoms with E-state index in [-0.39, 0.29) is 0 Å². The molecule has 0 aliphatic heterocycles. The van der Waals surface area contributed by atoms with Crippen LogP contribution in [0, 0.1) is 18.8 Å². The number of rotatable bonds is 2. The monoisotopic (exact) mass is 187 g/mol. The lowest BCUT2D eigenvalue weighted by atomic mass is 10.1. The van der Waals surface area contributed by atoms with E-state index < -0.39 is 0 Å². The van der Waals surface area contributed by atoms with Gasteiger partial charge >= 0.3 is 0 Å². The Balaban J connectivity index is 1.73. The Hall–Kier alpha value is -0.820. The zero-order valence-corrected chi connectivity index (χ0v) is 8.61. The highest BCUT2D eigenvalue weighted by Crippen LogP contribution is 2.58. The van der Waals surface area contributed by atoms with E-state index in [0.29, 0.717) is 6.04 Å². The molecule has 1 heteroatoms. The van der Waals surface area contributed by atoms with Gasteiger partial charge in [0.25, 0.3) is 0 Å². The standard InChI is InChI=1S/C13H17N/c1-8-3-2-4-9(5-8)10-6-11(10)12-7-13(12)14/h2-5,10-13H,6-7,14H2,1H3. The van der Waals surface area contributed by atoms with Crippen LogP contribution in [0.4, 0.5) is 0 Å². The van der Waals surface area contributed by atoms with Gasteiger partial charge in [-0.2, -0.15) is 0 Å². The highest BCUT2D eigenvalue weighted by atomic mass is 14.8. The molecule has 0 spiro atoms. The highest BCUT2D eigenvalue weighted by Gasteiger charge is 2.52. The fourth-order valence-electron chi connectivity index (χ4n) is 2.70. The van der Waals surface area contributed by atoms with Gasteiger partial charge in [0.1, 0.15) is 0 Å². The molecule has 4 unspecified atom stereocenters. The summed E-state index contributed by atoms with van der Waals surface area (Å²) in [6, 6.07) is 9.47. The lowest BCUT2D eigenvalue weighted by Crippen LogP contribution is -2.03. The Labute approximate surface area is 85.3 Å². The van der Waals surface area contributed by atoms with Gasteiger partial charge in [-0.15, -0.1) is 0 Å². The molecule has 2 N–H and O–H groups in total. The summed E-state index contributed by atoms with van der Waals surface area (Å²) in [6.45, 7) is 2.17. The van der Waals surface area contributed by atoms with Gasteiger partial charge in [-0.25, -0.2) is 0 Å². The van der Waals surface area contributed by atoms with Crippen molar-refractivity contribution in [2.45, 2.75) is 31.7 Å². The summed E-state index contributed by atoms with van der Waals surface area (Å²) < 4.78 is 0. The van der Waals surface area contributed by atoms with Crippen LogP contribution in [-0.4, -0.2) is 6.04 Å². The zero-order chi connectivity index (χ0) is 9.71. The van der Waals surface area contributed by atoms with Crippen molar-refractivity contribution < 1.29 is 0 Å². The molecule has 3 rings (SSSR count). The van der Waals surface area contributed by atoms with Crippen LogP contribution in [0.5, 0.6) is 0 Å². The molecule has 1 aromatic rings. The predicted molar refractivity (Wildman–Crippen MR) is 58.1 cm³/mol. The topological polar surface area (TPSA) is 26.0 Å². The van der Waals surface area contributed by atoms with E-state index in [2.05, 4.69) is 31.2 Å². The van der Waals surface area contributed by atoms with Crippen molar-refractivity contribution in [1.29, 1.82) is 0 Å². The van der Waals surface area contributed by atoms with Crippen molar-refractivity contribution in [3.8, 4) is 0 Å². The summed E-state index contributed by atoms with van der Waals surface area (Å²) >= 11 is 0. The molecular formula is C13H17N. The molecule has 74 valence electrons. The molecule has 14 heavy (non-hydrogen) atoms. The molecule has 0 amide bonds. The van der Waals surface area contributed by atoms with Crippen LogP contribution in [-0.2, 0) is 0 Å². The molecule has 0 heterocycles. The van der Waals surface area contributed by atoms with Gasteiger partial charge in [0, 0.05) is 6.04 Å². The molecule has 2 saturated carbocycles. The lowest BCUT2D eigenvalue weighted by Gasteiger charge is -2.00. The molecule has 2 aliphatic carbocycles. The summed E-state index contributed by atoms with van der Waals surface area (Å²) in [7, 11) is 0. The van der Waals surface area contributed by atoms with E-state index in [1.165, 1.54) is 24.0 Å². The second-order valence-corrected chi connectivity index (χ2v) is 4.98. The molecule has 0 aromatic heterocycles. The van der Waals surface area contributed by atoms with Gasteiger partial charge < -0.3 is 5.73 Å². The minimum atomic E-state index is 0.523. The van der Waals surface area contributed by atoms with Crippen molar-refractivity contribution in [3.05, 3.63) is 35.4 Å². The quantitative estimate of drug-likeness (QED) is 0.756. The maximum atomic E-state index is 5.88. The smallest absolute Gasteiger partial charge is 0.00739 e. The van der Waals surface area contributed by atoms with E-state index in [1.807, 2.05) is 0 Å². The summed E-state index contributed by atoms with van der Waals surface area (Å²) in [6.07, 6.45) is 2.65. The average molecular weight is 187 g/mol. The van der Waals surface area contributed by atoms with E-state index in [1.54, 1.807) is 0 Å². The molecular weight excluding hydrogens is 170 g/mol. The van der Waals surface area contributed by atoms with Crippen molar-refractivity contribution in [2.75, 3.05) is 0 Å². The maximum Gasteiger partial charge on any atom is 0.00739 e. The van der Waals surface area contributed by atoms with E-state index in [9.17, 15) is 0 Å². The Bertz CT molecular complexity index is 358. The van der Waals surface area contributed by atoms with Crippen LogP contribution in [0.15, 0.2) is 24.3 Å². The predicted octanol–water partition coefficient (Wildman–Crippen LogP) is 2.45. The molecule has 2 fully saturated rings. The molecule has 0 saturated heterocycles. The van der Waals surface area contributed by atoms with Gasteiger partial charge in [-0.1, -0.05) is 29.8 Å². The second-order valence-electron chi connectivity index (χ2n) is 4.98. The van der Waals surface area contributed by atoms with Crippen molar-refractivity contribution in [3.63, 3.8) is 0 Å². The third-order valence-electron chi connectivity index (χ3n) is 3.75. The van der Waals surface area contributed by atoms with E-state index in [0.717, 1.165) is 17.8 Å². The Morgan fingerprint density at radius 2 is 2.00 bits per heavy atom. The van der Waals surface area contributed by atoms with Crippen LogP contribution in [0.2, 0.25) is 0 Å². The molecule has 1 nitrogen and oxygen atoms in total. The number of nitrogens with two attached hydrogens (primary N) is 1. The van der Waals surface area contributed by atoms with Crippen LogP contribution >= 0.6 is 0 Å². The fourth-order valence-corrected chi connectivity index (χ4v) is 2.70. The van der Waals surface area contributed by atoms with E-state index in [4.69, 9.17) is 5.73 Å². The first-order valence-electron chi connectivity index (χ1n) is 5.58. The minimum Gasteiger partial charge on any atom is -0.327 e. The first-order valence-corrected chi connectivity index (χ1v) is 5.58. The van der Waals surface area contributed by atoms with Crippen LogP contribution < -0.4 is 5.73 Å². The molecule has 2 aliphatic rings. The number of aryl methyl sites for hydroxylation is 1. The number of hydrogen-bond donors (Lipinski definition) is 1. The van der Waals surface area contributed by atoms with Crippen LogP contribution in [0.25, 0.3) is 0 Å². The van der Waals surface area contributed by atoms with Gasteiger partial charge in [-0.3, -0.25) is 0 Å². The third-order valence-corrected chi connectivity index (χ3v) is 3.75. The summed E-state index contributed by atoms with van der Waals surface area (Å²) in [5.41, 5.74) is 8.80. The van der Waals surface area contributed by atoms with Gasteiger partial charge in [0.05, 0.1) is 0 Å². The van der Waals surface area contributed by atoms with Crippen LogP contribution in [0.3, 0.4) is 0 Å². The summed E-state index contributed by atoms with van der Waals surface area (Å²) in [4.78, 5) is 0. The molecule has 1 aromatic carbocycles. The highest BCUT2D eigenvalue weighted by molar-refractivity contribution is 5.31. The normalized spacial score (nSPS) is 39.6. The summed E-state index contributed by atoms with van der Waals surface area (Å²) in [5, 5.41) is 0. The van der Waals surface area contributed by atoms with Gasteiger partial charge in [0.2, 0.25) is 0 Å². The van der Waals surface area contributed by atoms with Crippen molar-refractivity contribution >= 4 is 0 Å². The lowest BCUT2D eigenvalue weighted by molar-refractivity contribution is 0.663. The third kappa shape index (κ3) is 1.36. The second kappa shape index (κ2) is 2.83. The van der Waals surface area contributed by atoms with E-state index >= 15 is 0 Å². The summed E-state index contributed by atoms with van der Waals surface area (Å²) in [5.74, 6) is 2.58. The fraction of sp³-hybridized carbons (Fsp3) is 0.538. The number of benzene rings is 1.